The summed E-state index contributed by atoms with van der Waals surface area (Å²) in [5.41, 5.74) is 0.509. The maximum atomic E-state index is 12.6. The first-order valence-electron chi connectivity index (χ1n) is 6.50. The minimum Gasteiger partial charge on any atom is -0.298 e. The first-order valence-corrected chi connectivity index (χ1v) is 6.88. The van der Waals surface area contributed by atoms with Gasteiger partial charge in [-0.2, -0.15) is 5.26 Å². The van der Waals surface area contributed by atoms with Crippen molar-refractivity contribution in [2.24, 2.45) is 0 Å². The standard InChI is InChI=1S/C14H13ClN4O/c15-10-5-1-2-6-11(10)19-13(17)12-7-3-4-9(8-16)18(12)14(19)20/h1-2,5-6,9,12,17H,3-4,7H2. The Morgan fingerprint density at radius 2 is 2.10 bits per heavy atom. The summed E-state index contributed by atoms with van der Waals surface area (Å²) >= 11 is 6.13. The molecule has 2 unspecified atom stereocenters. The van der Waals surface area contributed by atoms with E-state index < -0.39 is 6.04 Å². The number of fused-ring (bicyclic) bond motifs is 1. The first kappa shape index (κ1) is 12.9. The van der Waals surface area contributed by atoms with Gasteiger partial charge in [-0.1, -0.05) is 23.7 Å². The van der Waals surface area contributed by atoms with E-state index in [9.17, 15) is 10.1 Å². The molecule has 2 aliphatic heterocycles. The second-order valence-electron chi connectivity index (χ2n) is 4.95. The molecule has 3 rings (SSSR count). The van der Waals surface area contributed by atoms with Gasteiger partial charge in [0.1, 0.15) is 11.9 Å². The molecule has 0 aromatic heterocycles. The highest BCUT2D eigenvalue weighted by Gasteiger charge is 2.48. The Balaban J connectivity index is 2.03. The number of amidine groups is 1. The van der Waals surface area contributed by atoms with Crippen LogP contribution in [0.2, 0.25) is 5.02 Å². The van der Waals surface area contributed by atoms with E-state index in [1.54, 1.807) is 24.3 Å². The fourth-order valence-corrected chi connectivity index (χ4v) is 3.12. The van der Waals surface area contributed by atoms with Crippen molar-refractivity contribution in [2.75, 3.05) is 4.90 Å². The van der Waals surface area contributed by atoms with Crippen molar-refractivity contribution in [2.45, 2.75) is 31.3 Å². The van der Waals surface area contributed by atoms with Crippen molar-refractivity contribution < 1.29 is 4.79 Å². The number of nitrogens with zero attached hydrogens (tertiary/aromatic N) is 3. The van der Waals surface area contributed by atoms with Crippen molar-refractivity contribution >= 4 is 29.2 Å². The number of piperidine rings is 1. The molecule has 1 aromatic rings. The molecule has 2 aliphatic rings. The summed E-state index contributed by atoms with van der Waals surface area (Å²) in [7, 11) is 0. The maximum Gasteiger partial charge on any atom is 0.331 e. The Morgan fingerprint density at radius 3 is 2.80 bits per heavy atom. The number of nitrogens with one attached hydrogen (secondary N) is 1. The van der Waals surface area contributed by atoms with Gasteiger partial charge in [0.25, 0.3) is 0 Å². The summed E-state index contributed by atoms with van der Waals surface area (Å²) in [4.78, 5) is 15.4. The predicted molar refractivity (Wildman–Crippen MR) is 75.9 cm³/mol. The van der Waals surface area contributed by atoms with Crippen LogP contribution in [-0.4, -0.2) is 28.9 Å². The molecular weight excluding hydrogens is 276 g/mol. The SMILES string of the molecule is N#CC1CCCC2C(=N)N(c3ccccc3Cl)C(=O)N12. The summed E-state index contributed by atoms with van der Waals surface area (Å²) in [6.07, 6.45) is 2.25. The average Bonchev–Trinajstić information content (AvgIpc) is 2.72. The maximum absolute atomic E-state index is 12.6. The first-order chi connectivity index (χ1) is 9.65. The Hall–Kier alpha value is -2.06. The Bertz CT molecular complexity index is 624. The normalized spacial score (nSPS) is 25.6. The highest BCUT2D eigenvalue weighted by Crippen LogP contribution is 2.36. The zero-order valence-electron chi connectivity index (χ0n) is 10.7. The number of hydrogen-bond acceptors (Lipinski definition) is 3. The fraction of sp³-hybridized carbons (Fsp3) is 0.357. The van der Waals surface area contributed by atoms with E-state index in [2.05, 4.69) is 6.07 Å². The number of para-hydroxylation sites is 1. The predicted octanol–water partition coefficient (Wildman–Crippen LogP) is 3.00. The monoisotopic (exact) mass is 288 g/mol. The number of urea groups is 1. The van der Waals surface area contributed by atoms with Crippen LogP contribution in [-0.2, 0) is 0 Å². The van der Waals surface area contributed by atoms with Gasteiger partial charge in [0.2, 0.25) is 0 Å². The zero-order chi connectivity index (χ0) is 14.3. The van der Waals surface area contributed by atoms with E-state index >= 15 is 0 Å². The third-order valence-corrected chi connectivity index (χ3v) is 4.16. The lowest BCUT2D eigenvalue weighted by Gasteiger charge is -2.31. The van der Waals surface area contributed by atoms with Crippen LogP contribution in [0, 0.1) is 16.7 Å². The molecule has 102 valence electrons. The molecule has 0 saturated carbocycles. The number of halogens is 1. The minimum atomic E-state index is -0.450. The molecule has 2 saturated heterocycles. The van der Waals surface area contributed by atoms with Crippen LogP contribution in [0.4, 0.5) is 10.5 Å². The van der Waals surface area contributed by atoms with Gasteiger partial charge >= 0.3 is 6.03 Å². The largest absolute Gasteiger partial charge is 0.331 e. The summed E-state index contributed by atoms with van der Waals surface area (Å²) in [5.74, 6) is 0.211. The van der Waals surface area contributed by atoms with Crippen LogP contribution < -0.4 is 4.90 Å². The minimum absolute atomic E-state index is 0.211. The van der Waals surface area contributed by atoms with Crippen molar-refractivity contribution in [3.8, 4) is 6.07 Å². The lowest BCUT2D eigenvalue weighted by molar-refractivity contribution is 0.173. The van der Waals surface area contributed by atoms with Gasteiger partial charge in [0, 0.05) is 0 Å². The van der Waals surface area contributed by atoms with Gasteiger partial charge in [0.15, 0.2) is 0 Å². The molecule has 20 heavy (non-hydrogen) atoms. The lowest BCUT2D eigenvalue weighted by Crippen LogP contribution is -2.45. The number of rotatable bonds is 1. The summed E-state index contributed by atoms with van der Waals surface area (Å²) in [5, 5.41) is 17.9. The number of carbonyl (C=O) groups excluding carboxylic acids is 1. The molecule has 2 amide bonds. The highest BCUT2D eigenvalue weighted by molar-refractivity contribution is 6.36. The molecule has 0 bridgehead atoms. The highest BCUT2D eigenvalue weighted by atomic mass is 35.5. The quantitative estimate of drug-likeness (QED) is 0.863. The van der Waals surface area contributed by atoms with Crippen molar-refractivity contribution in [1.82, 2.24) is 4.90 Å². The molecule has 2 fully saturated rings. The Labute approximate surface area is 121 Å². The van der Waals surface area contributed by atoms with E-state index in [1.807, 2.05) is 0 Å². The number of anilines is 1. The molecule has 1 aromatic carbocycles. The number of amides is 2. The summed E-state index contributed by atoms with van der Waals surface area (Å²) in [6, 6.07) is 8.05. The van der Waals surface area contributed by atoms with E-state index in [0.29, 0.717) is 17.1 Å². The van der Waals surface area contributed by atoms with E-state index in [4.69, 9.17) is 17.0 Å². The smallest absolute Gasteiger partial charge is 0.298 e. The van der Waals surface area contributed by atoms with Crippen LogP contribution in [0.25, 0.3) is 0 Å². The van der Waals surface area contributed by atoms with Gasteiger partial charge in [0.05, 0.1) is 22.8 Å². The van der Waals surface area contributed by atoms with Crippen LogP contribution in [0.1, 0.15) is 19.3 Å². The van der Waals surface area contributed by atoms with E-state index in [-0.39, 0.29) is 17.9 Å². The molecule has 1 N–H and O–H groups in total. The van der Waals surface area contributed by atoms with Crippen LogP contribution in [0.5, 0.6) is 0 Å². The molecule has 0 aliphatic carbocycles. The van der Waals surface area contributed by atoms with Crippen molar-refractivity contribution in [3.63, 3.8) is 0 Å². The molecule has 5 nitrogen and oxygen atoms in total. The molecule has 2 heterocycles. The van der Waals surface area contributed by atoms with Crippen molar-refractivity contribution in [1.29, 1.82) is 10.7 Å². The van der Waals surface area contributed by atoms with Gasteiger partial charge < -0.3 is 0 Å². The number of nitriles is 1. The molecular formula is C14H13ClN4O. The topological polar surface area (TPSA) is 71.2 Å². The zero-order valence-corrected chi connectivity index (χ0v) is 11.5. The number of benzene rings is 1. The van der Waals surface area contributed by atoms with E-state index in [0.717, 1.165) is 12.8 Å². The third kappa shape index (κ3) is 1.76. The van der Waals surface area contributed by atoms with Gasteiger partial charge in [-0.05, 0) is 31.4 Å². The molecule has 0 radical (unpaired) electrons. The third-order valence-electron chi connectivity index (χ3n) is 3.84. The molecule has 2 atom stereocenters. The van der Waals surface area contributed by atoms with Crippen LogP contribution in [0.15, 0.2) is 24.3 Å². The average molecular weight is 289 g/mol. The molecule has 0 spiro atoms. The number of hydrogen-bond donors (Lipinski definition) is 1. The summed E-state index contributed by atoms with van der Waals surface area (Å²) < 4.78 is 0. The second kappa shape index (κ2) is 4.80. The van der Waals surface area contributed by atoms with Crippen LogP contribution in [0.3, 0.4) is 0 Å². The van der Waals surface area contributed by atoms with Crippen LogP contribution >= 0.6 is 11.6 Å². The second-order valence-corrected chi connectivity index (χ2v) is 5.36. The summed E-state index contributed by atoms with van der Waals surface area (Å²) in [6.45, 7) is 0. The molecule has 6 heteroatoms. The van der Waals surface area contributed by atoms with Crippen molar-refractivity contribution in [3.05, 3.63) is 29.3 Å². The van der Waals surface area contributed by atoms with Gasteiger partial charge in [-0.15, -0.1) is 0 Å². The fourth-order valence-electron chi connectivity index (χ4n) is 2.90. The number of carbonyl (C=O) groups is 1. The lowest BCUT2D eigenvalue weighted by atomic mass is 9.97. The van der Waals surface area contributed by atoms with E-state index in [1.165, 1.54) is 9.80 Å². The Kier molecular flexibility index (Phi) is 3.11. The Morgan fingerprint density at radius 1 is 1.35 bits per heavy atom. The van der Waals surface area contributed by atoms with Gasteiger partial charge in [-0.3, -0.25) is 10.3 Å². The van der Waals surface area contributed by atoms with Gasteiger partial charge in [-0.25, -0.2) is 9.69 Å².